The Hall–Kier alpha value is -0.830. The minimum Gasteiger partial charge on any atom is -0.393 e. The maximum atomic E-state index is 10.6. The lowest BCUT2D eigenvalue weighted by Gasteiger charge is -2.42. The van der Waals surface area contributed by atoms with E-state index in [-0.39, 0.29) is 16.9 Å². The molecule has 5 atom stereocenters. The van der Waals surface area contributed by atoms with Crippen LogP contribution in [0, 0.1) is 17.3 Å². The van der Waals surface area contributed by atoms with Gasteiger partial charge in [0.05, 0.1) is 17.1 Å². The smallest absolute Gasteiger partial charge is 0.0642 e. The number of fused-ring (bicyclic) bond motifs is 1. The van der Waals surface area contributed by atoms with Gasteiger partial charge >= 0.3 is 0 Å². The number of rotatable bonds is 8. The minimum absolute atomic E-state index is 0.154. The van der Waals surface area contributed by atoms with Crippen molar-refractivity contribution >= 4 is 11.6 Å². The molecule has 0 aromatic rings. The molecule has 0 aromatic carbocycles. The Morgan fingerprint density at radius 1 is 1.31 bits per heavy atom. The number of allylic oxidation sites excluding steroid dienone is 6. The number of alkyl halides is 1. The van der Waals surface area contributed by atoms with Crippen LogP contribution in [0.25, 0.3) is 0 Å². The topological polar surface area (TPSA) is 40.5 Å². The van der Waals surface area contributed by atoms with Gasteiger partial charge in [-0.1, -0.05) is 70.1 Å². The SMILES string of the molecule is C=C1C(=CC=C2CCCC3(C)C(C(C)CCCC(O)(CC)CC)=CCC23)CC(O)CC1Cl. The van der Waals surface area contributed by atoms with Crippen molar-refractivity contribution in [3.05, 3.63) is 47.1 Å². The van der Waals surface area contributed by atoms with E-state index in [1.807, 2.05) is 0 Å². The number of hydrogen-bond donors (Lipinski definition) is 2. The number of aliphatic hydroxyl groups excluding tert-OH is 1. The van der Waals surface area contributed by atoms with Crippen molar-refractivity contribution in [3.8, 4) is 0 Å². The fraction of sp³-hybridized carbons (Fsp3) is 0.724. The van der Waals surface area contributed by atoms with Crippen LogP contribution >= 0.6 is 11.6 Å². The molecule has 32 heavy (non-hydrogen) atoms. The van der Waals surface area contributed by atoms with E-state index in [1.165, 1.54) is 19.3 Å². The van der Waals surface area contributed by atoms with E-state index in [9.17, 15) is 10.2 Å². The summed E-state index contributed by atoms with van der Waals surface area (Å²) in [4.78, 5) is 0. The van der Waals surface area contributed by atoms with Crippen LogP contribution in [0.5, 0.6) is 0 Å². The van der Waals surface area contributed by atoms with Crippen molar-refractivity contribution in [1.82, 2.24) is 0 Å². The second kappa shape index (κ2) is 10.6. The molecule has 3 aliphatic carbocycles. The van der Waals surface area contributed by atoms with E-state index in [0.717, 1.165) is 49.7 Å². The van der Waals surface area contributed by atoms with Gasteiger partial charge in [-0.05, 0) is 92.6 Å². The average Bonchev–Trinajstić information content (AvgIpc) is 3.12. The first-order chi connectivity index (χ1) is 15.1. The summed E-state index contributed by atoms with van der Waals surface area (Å²) in [6, 6.07) is 0. The number of hydrogen-bond acceptors (Lipinski definition) is 2. The normalized spacial score (nSPS) is 34.7. The Kier molecular flexibility index (Phi) is 8.56. The molecule has 0 amide bonds. The highest BCUT2D eigenvalue weighted by Crippen LogP contribution is 2.57. The highest BCUT2D eigenvalue weighted by molar-refractivity contribution is 6.22. The molecule has 5 unspecified atom stereocenters. The highest BCUT2D eigenvalue weighted by Gasteiger charge is 2.45. The van der Waals surface area contributed by atoms with Gasteiger partial charge in [-0.2, -0.15) is 0 Å². The summed E-state index contributed by atoms with van der Waals surface area (Å²) >= 11 is 6.39. The molecule has 0 saturated heterocycles. The maximum absolute atomic E-state index is 10.6. The molecule has 0 bridgehead atoms. The molecule has 2 nitrogen and oxygen atoms in total. The fourth-order valence-corrected chi connectivity index (χ4v) is 6.89. The van der Waals surface area contributed by atoms with Crippen molar-refractivity contribution in [2.75, 3.05) is 0 Å². The summed E-state index contributed by atoms with van der Waals surface area (Å²) in [5.74, 6) is 1.16. The zero-order chi connectivity index (χ0) is 23.5. The first kappa shape index (κ1) is 25.8. The van der Waals surface area contributed by atoms with Gasteiger partial charge in [0, 0.05) is 0 Å². The van der Waals surface area contributed by atoms with Crippen LogP contribution in [0.15, 0.2) is 47.1 Å². The summed E-state index contributed by atoms with van der Waals surface area (Å²) in [6.45, 7) is 13.3. The van der Waals surface area contributed by atoms with Crippen LogP contribution in [0.2, 0.25) is 0 Å². The van der Waals surface area contributed by atoms with Gasteiger partial charge in [-0.15, -0.1) is 11.6 Å². The average molecular weight is 461 g/mol. The van der Waals surface area contributed by atoms with Gasteiger partial charge < -0.3 is 10.2 Å². The maximum Gasteiger partial charge on any atom is 0.0642 e. The van der Waals surface area contributed by atoms with E-state index in [4.69, 9.17) is 11.6 Å². The molecule has 0 aromatic heterocycles. The van der Waals surface area contributed by atoms with Gasteiger partial charge in [0.2, 0.25) is 0 Å². The molecule has 2 N–H and O–H groups in total. The van der Waals surface area contributed by atoms with E-state index in [0.29, 0.717) is 24.7 Å². The zero-order valence-corrected chi connectivity index (χ0v) is 21.6. The molecule has 3 aliphatic rings. The monoisotopic (exact) mass is 460 g/mol. The molecule has 0 heterocycles. The highest BCUT2D eigenvalue weighted by atomic mass is 35.5. The second-order valence-electron chi connectivity index (χ2n) is 11.0. The van der Waals surface area contributed by atoms with Gasteiger partial charge in [-0.25, -0.2) is 0 Å². The third-order valence-electron chi connectivity index (χ3n) is 8.96. The molecule has 0 radical (unpaired) electrons. The Morgan fingerprint density at radius 3 is 2.72 bits per heavy atom. The summed E-state index contributed by atoms with van der Waals surface area (Å²) in [6.07, 6.45) is 17.6. The van der Waals surface area contributed by atoms with Crippen molar-refractivity contribution in [2.45, 2.75) is 115 Å². The lowest BCUT2D eigenvalue weighted by atomic mass is 9.62. The van der Waals surface area contributed by atoms with Crippen LogP contribution in [0.1, 0.15) is 98.3 Å². The predicted octanol–water partition coefficient (Wildman–Crippen LogP) is 7.65. The first-order valence-electron chi connectivity index (χ1n) is 13.0. The Morgan fingerprint density at radius 2 is 2.03 bits per heavy atom. The molecular formula is C29H45ClO2. The molecular weight excluding hydrogens is 416 g/mol. The van der Waals surface area contributed by atoms with Crippen LogP contribution in [-0.2, 0) is 0 Å². The van der Waals surface area contributed by atoms with Crippen LogP contribution in [-0.4, -0.2) is 27.3 Å². The van der Waals surface area contributed by atoms with Gasteiger partial charge in [0.15, 0.2) is 0 Å². The summed E-state index contributed by atoms with van der Waals surface area (Å²) < 4.78 is 0. The third-order valence-corrected chi connectivity index (χ3v) is 9.40. The fourth-order valence-electron chi connectivity index (χ4n) is 6.55. The van der Waals surface area contributed by atoms with Crippen LogP contribution in [0.3, 0.4) is 0 Å². The first-order valence-corrected chi connectivity index (χ1v) is 13.4. The lowest BCUT2D eigenvalue weighted by molar-refractivity contribution is 0.0204. The number of halogens is 1. The molecule has 3 heteroatoms. The van der Waals surface area contributed by atoms with Gasteiger partial charge in [0.1, 0.15) is 0 Å². The largest absolute Gasteiger partial charge is 0.393 e. The molecule has 3 rings (SSSR count). The molecule has 180 valence electrons. The lowest BCUT2D eigenvalue weighted by Crippen LogP contribution is -2.32. The molecule has 0 spiro atoms. The predicted molar refractivity (Wildman–Crippen MR) is 137 cm³/mol. The quantitative estimate of drug-likeness (QED) is 0.288. The van der Waals surface area contributed by atoms with Crippen molar-refractivity contribution < 1.29 is 10.2 Å². The second-order valence-corrected chi connectivity index (χ2v) is 11.5. The third kappa shape index (κ3) is 5.45. The van der Waals surface area contributed by atoms with Crippen LogP contribution < -0.4 is 0 Å². The van der Waals surface area contributed by atoms with Gasteiger partial charge in [0.25, 0.3) is 0 Å². The van der Waals surface area contributed by atoms with Crippen molar-refractivity contribution in [1.29, 1.82) is 0 Å². The van der Waals surface area contributed by atoms with Crippen molar-refractivity contribution in [2.24, 2.45) is 17.3 Å². The van der Waals surface area contributed by atoms with Crippen LogP contribution in [0.4, 0.5) is 0 Å². The van der Waals surface area contributed by atoms with Crippen molar-refractivity contribution in [3.63, 3.8) is 0 Å². The Labute approximate surface area is 201 Å². The molecule has 2 fully saturated rings. The van der Waals surface area contributed by atoms with E-state index < -0.39 is 5.60 Å². The molecule has 0 aliphatic heterocycles. The standard InChI is InChI=1S/C29H45ClO2/c1-6-29(32,7-2)17-8-10-20(3)25-14-15-26-22(11-9-16-28(25,26)5)12-13-23-18-24(31)19-27(30)21(23)4/h12-14,20,24,26-27,31-32H,4,6-11,15-19H2,1-3,5H3. The summed E-state index contributed by atoms with van der Waals surface area (Å²) in [7, 11) is 0. The van der Waals surface area contributed by atoms with E-state index >= 15 is 0 Å². The number of aliphatic hydroxyl groups is 2. The summed E-state index contributed by atoms with van der Waals surface area (Å²) in [5, 5.41) is 20.6. The van der Waals surface area contributed by atoms with E-state index in [2.05, 4.69) is 52.5 Å². The zero-order valence-electron chi connectivity index (χ0n) is 20.8. The Balaban J connectivity index is 1.68. The van der Waals surface area contributed by atoms with E-state index in [1.54, 1.807) is 11.1 Å². The van der Waals surface area contributed by atoms with Gasteiger partial charge in [-0.3, -0.25) is 0 Å². The summed E-state index contributed by atoms with van der Waals surface area (Å²) in [5.41, 5.74) is 5.06. The molecule has 2 saturated carbocycles. The Bertz CT molecular complexity index is 772. The minimum atomic E-state index is -0.483.